The smallest absolute Gasteiger partial charge is 0.407 e. The summed E-state index contributed by atoms with van der Waals surface area (Å²) in [7, 11) is 0. The van der Waals surface area contributed by atoms with E-state index in [0.29, 0.717) is 36.5 Å². The number of hydrogen-bond acceptors (Lipinski definition) is 8. The standard InChI is InChI=1S/C29H36BrN7O4/c1-29(2,3)41-28(40)32-17-18-7-9-21(10-8-18)26(38)37(23-13-11-20(12-14-23)25-33-35-36-34-25)27(39)24(31)16-19-5-4-6-22(30)15-19/h4-6,11-15,18,21,24H,7-10,16-17,31H2,1-3H3,(H,32,40)(H,33,34,35,36)/t18?,21?,24-/m0/s1. The van der Waals surface area contributed by atoms with Crippen LogP contribution in [0.15, 0.2) is 53.0 Å². The molecule has 0 radical (unpaired) electrons. The summed E-state index contributed by atoms with van der Waals surface area (Å²) in [5.41, 5.74) is 7.85. The second kappa shape index (κ2) is 13.3. The van der Waals surface area contributed by atoms with E-state index < -0.39 is 23.6 Å². The maximum atomic E-state index is 13.9. The van der Waals surface area contributed by atoms with Crippen molar-refractivity contribution in [2.45, 2.75) is 64.5 Å². The highest BCUT2D eigenvalue weighted by molar-refractivity contribution is 9.10. The van der Waals surface area contributed by atoms with Gasteiger partial charge in [0.15, 0.2) is 0 Å². The molecule has 1 aliphatic carbocycles. The predicted molar refractivity (Wildman–Crippen MR) is 158 cm³/mol. The van der Waals surface area contributed by atoms with Gasteiger partial charge in [0.2, 0.25) is 11.7 Å². The van der Waals surface area contributed by atoms with Gasteiger partial charge in [-0.3, -0.25) is 9.59 Å². The van der Waals surface area contributed by atoms with E-state index in [-0.39, 0.29) is 24.2 Å². The van der Waals surface area contributed by atoms with Gasteiger partial charge in [-0.25, -0.2) is 9.69 Å². The average molecular weight is 627 g/mol. The van der Waals surface area contributed by atoms with Crippen molar-refractivity contribution in [2.75, 3.05) is 11.4 Å². The van der Waals surface area contributed by atoms with Crippen LogP contribution >= 0.6 is 15.9 Å². The summed E-state index contributed by atoms with van der Waals surface area (Å²) in [6, 6.07) is 13.6. The quantitative estimate of drug-likeness (QED) is 0.333. The summed E-state index contributed by atoms with van der Waals surface area (Å²) in [6.45, 7) is 5.94. The average Bonchev–Trinajstić information content (AvgIpc) is 3.47. The summed E-state index contributed by atoms with van der Waals surface area (Å²) in [6.07, 6.45) is 2.53. The zero-order chi connectivity index (χ0) is 29.6. The lowest BCUT2D eigenvalue weighted by molar-refractivity contribution is -0.130. The molecule has 11 nitrogen and oxygen atoms in total. The van der Waals surface area contributed by atoms with E-state index in [9.17, 15) is 14.4 Å². The van der Waals surface area contributed by atoms with Crippen molar-refractivity contribution in [3.8, 4) is 11.4 Å². The molecule has 1 fully saturated rings. The topological polar surface area (TPSA) is 156 Å². The third kappa shape index (κ3) is 8.43. The number of halogens is 1. The first-order valence-corrected chi connectivity index (χ1v) is 14.5. The number of carbonyl (C=O) groups is 3. The minimum Gasteiger partial charge on any atom is -0.444 e. The number of aromatic nitrogens is 4. The molecule has 1 aromatic heterocycles. The van der Waals surface area contributed by atoms with E-state index in [0.717, 1.165) is 22.9 Å². The number of imide groups is 1. The van der Waals surface area contributed by atoms with Crippen molar-refractivity contribution in [3.63, 3.8) is 0 Å². The number of aromatic amines is 1. The lowest BCUT2D eigenvalue weighted by atomic mass is 9.81. The number of anilines is 1. The highest BCUT2D eigenvalue weighted by Gasteiger charge is 2.35. The van der Waals surface area contributed by atoms with E-state index in [1.165, 1.54) is 4.90 Å². The number of tetrazole rings is 1. The van der Waals surface area contributed by atoms with Gasteiger partial charge in [0.25, 0.3) is 5.91 Å². The van der Waals surface area contributed by atoms with Crippen LogP contribution in [-0.2, 0) is 20.7 Å². The molecule has 4 N–H and O–H groups in total. The van der Waals surface area contributed by atoms with Crippen molar-refractivity contribution in [3.05, 3.63) is 58.6 Å². The Balaban J connectivity index is 1.47. The third-order valence-corrected chi connectivity index (χ3v) is 7.45. The first-order chi connectivity index (χ1) is 19.5. The zero-order valence-corrected chi connectivity index (χ0v) is 25.1. The fourth-order valence-corrected chi connectivity index (χ4v) is 5.36. The van der Waals surface area contributed by atoms with Gasteiger partial charge in [-0.05, 0) is 106 Å². The van der Waals surface area contributed by atoms with Gasteiger partial charge >= 0.3 is 6.09 Å². The van der Waals surface area contributed by atoms with Crippen LogP contribution < -0.4 is 16.0 Å². The number of amides is 3. The molecule has 1 saturated carbocycles. The van der Waals surface area contributed by atoms with Crippen molar-refractivity contribution in [2.24, 2.45) is 17.6 Å². The molecule has 1 heterocycles. The van der Waals surface area contributed by atoms with Crippen LogP contribution in [0.5, 0.6) is 0 Å². The van der Waals surface area contributed by atoms with E-state index in [1.807, 2.05) is 45.0 Å². The van der Waals surface area contributed by atoms with Gasteiger partial charge in [0.05, 0.1) is 11.7 Å². The third-order valence-electron chi connectivity index (χ3n) is 6.96. The van der Waals surface area contributed by atoms with Gasteiger partial charge < -0.3 is 15.8 Å². The number of ether oxygens (including phenoxy) is 1. The lowest BCUT2D eigenvalue weighted by Crippen LogP contribution is -2.50. The molecule has 0 saturated heterocycles. The van der Waals surface area contributed by atoms with Crippen LogP contribution in [-0.4, -0.2) is 56.7 Å². The number of carbonyl (C=O) groups excluding carboxylic acids is 3. The van der Waals surface area contributed by atoms with E-state index in [2.05, 4.69) is 41.9 Å². The first kappa shape index (κ1) is 30.3. The highest BCUT2D eigenvalue weighted by Crippen LogP contribution is 2.32. The molecule has 41 heavy (non-hydrogen) atoms. The molecule has 4 rings (SSSR count). The fraction of sp³-hybridized carbons (Fsp3) is 0.448. The SMILES string of the molecule is CC(C)(C)OC(=O)NCC1CCC(C(=O)N(C(=O)[C@@H](N)Cc2cccc(Br)c2)c2ccc(-c3nn[nH]n3)cc2)CC1. The number of H-pyrrole nitrogens is 1. The summed E-state index contributed by atoms with van der Waals surface area (Å²) in [4.78, 5) is 40.9. The molecule has 1 atom stereocenters. The number of rotatable bonds is 8. The minimum atomic E-state index is -0.917. The Labute approximate surface area is 247 Å². The van der Waals surface area contributed by atoms with E-state index in [4.69, 9.17) is 10.5 Å². The molecule has 1 aliphatic rings. The number of benzene rings is 2. The van der Waals surface area contributed by atoms with Gasteiger partial charge in [-0.2, -0.15) is 5.21 Å². The van der Waals surface area contributed by atoms with E-state index in [1.54, 1.807) is 24.3 Å². The zero-order valence-electron chi connectivity index (χ0n) is 23.5. The highest BCUT2D eigenvalue weighted by atomic mass is 79.9. The number of nitrogens with two attached hydrogens (primary N) is 1. The monoisotopic (exact) mass is 625 g/mol. The maximum Gasteiger partial charge on any atom is 0.407 e. The summed E-state index contributed by atoms with van der Waals surface area (Å²) in [5.74, 6) is -0.442. The van der Waals surface area contributed by atoms with E-state index >= 15 is 0 Å². The molecule has 218 valence electrons. The molecule has 0 bridgehead atoms. The Kier molecular flexibility index (Phi) is 9.87. The number of hydrogen-bond donors (Lipinski definition) is 3. The second-order valence-electron chi connectivity index (χ2n) is 11.3. The van der Waals surface area contributed by atoms with Gasteiger partial charge in [0.1, 0.15) is 5.60 Å². The van der Waals surface area contributed by atoms with Crippen molar-refractivity contribution in [1.29, 1.82) is 0 Å². The number of nitrogens with zero attached hydrogens (tertiary/aromatic N) is 4. The Morgan fingerprint density at radius 2 is 1.83 bits per heavy atom. The summed E-state index contributed by atoms with van der Waals surface area (Å²) >= 11 is 3.45. The van der Waals surface area contributed by atoms with Crippen LogP contribution in [0.25, 0.3) is 11.4 Å². The molecule has 0 unspecified atom stereocenters. The second-order valence-corrected chi connectivity index (χ2v) is 12.3. The Bertz CT molecular complexity index is 1330. The van der Waals surface area contributed by atoms with Crippen molar-refractivity contribution < 1.29 is 19.1 Å². The molecule has 3 amide bonds. The van der Waals surface area contributed by atoms with Crippen LogP contribution in [0.3, 0.4) is 0 Å². The number of alkyl carbamates (subject to hydrolysis) is 1. The predicted octanol–water partition coefficient (Wildman–Crippen LogP) is 4.39. The Morgan fingerprint density at radius 1 is 1.12 bits per heavy atom. The normalized spacial score (nSPS) is 17.9. The molecule has 2 aromatic carbocycles. The lowest BCUT2D eigenvalue weighted by Gasteiger charge is -2.32. The first-order valence-electron chi connectivity index (χ1n) is 13.7. The van der Waals surface area contributed by atoms with Crippen LogP contribution in [0.4, 0.5) is 10.5 Å². The van der Waals surface area contributed by atoms with Gasteiger partial charge in [-0.1, -0.05) is 28.1 Å². The molecule has 0 aliphatic heterocycles. The Morgan fingerprint density at radius 3 is 2.44 bits per heavy atom. The largest absolute Gasteiger partial charge is 0.444 e. The molecule has 12 heteroatoms. The van der Waals surface area contributed by atoms with Gasteiger partial charge in [0, 0.05) is 22.5 Å². The minimum absolute atomic E-state index is 0.226. The van der Waals surface area contributed by atoms with Crippen molar-refractivity contribution >= 4 is 39.5 Å². The Hall–Kier alpha value is -3.64. The van der Waals surface area contributed by atoms with Crippen LogP contribution in [0.2, 0.25) is 0 Å². The number of nitrogens with one attached hydrogen (secondary N) is 2. The van der Waals surface area contributed by atoms with Gasteiger partial charge in [-0.15, -0.1) is 10.2 Å². The maximum absolute atomic E-state index is 13.9. The fourth-order valence-electron chi connectivity index (χ4n) is 4.92. The van der Waals surface area contributed by atoms with Crippen LogP contribution in [0.1, 0.15) is 52.0 Å². The molecular weight excluding hydrogens is 590 g/mol. The molecule has 0 spiro atoms. The molecular formula is C29H36BrN7O4. The summed E-state index contributed by atoms with van der Waals surface area (Å²) < 4.78 is 6.21. The molecule has 3 aromatic rings. The van der Waals surface area contributed by atoms with Crippen molar-refractivity contribution in [1.82, 2.24) is 25.9 Å². The summed E-state index contributed by atoms with van der Waals surface area (Å²) in [5, 5.41) is 16.8. The van der Waals surface area contributed by atoms with Crippen LogP contribution in [0, 0.1) is 11.8 Å².